The molecule has 20 heavy (non-hydrogen) atoms. The number of nitrogens with one attached hydrogen (secondary N) is 1. The standard InChI is InChI=1S/C15H19BrFNO2/c1-15(2,3)20-14(19)18-9-5-4-6-11-7-8-12(16)10-13(11)17/h4,6-8,10H,5,9H2,1-3H3,(H,18,19). The number of benzene rings is 1. The molecule has 1 aromatic carbocycles. The fourth-order valence-corrected chi connectivity index (χ4v) is 1.75. The Labute approximate surface area is 127 Å². The van der Waals surface area contributed by atoms with E-state index in [1.165, 1.54) is 6.07 Å². The van der Waals surface area contributed by atoms with E-state index in [0.29, 0.717) is 23.0 Å². The number of halogens is 2. The lowest BCUT2D eigenvalue weighted by Gasteiger charge is -2.19. The van der Waals surface area contributed by atoms with Crippen LogP contribution in [0.2, 0.25) is 0 Å². The van der Waals surface area contributed by atoms with E-state index >= 15 is 0 Å². The molecule has 0 saturated carbocycles. The number of hydrogen-bond acceptors (Lipinski definition) is 2. The minimum atomic E-state index is -0.500. The molecule has 1 amide bonds. The van der Waals surface area contributed by atoms with Crippen molar-refractivity contribution in [2.24, 2.45) is 0 Å². The molecule has 0 aliphatic rings. The van der Waals surface area contributed by atoms with Crippen LogP contribution in [0, 0.1) is 5.82 Å². The predicted octanol–water partition coefficient (Wildman–Crippen LogP) is 4.52. The third-order valence-corrected chi connectivity index (χ3v) is 2.73. The number of carbonyl (C=O) groups excluding carboxylic acids is 1. The number of ether oxygens (including phenoxy) is 1. The van der Waals surface area contributed by atoms with Crippen LogP contribution in [0.1, 0.15) is 32.8 Å². The molecule has 0 fully saturated rings. The summed E-state index contributed by atoms with van der Waals surface area (Å²) >= 11 is 3.20. The van der Waals surface area contributed by atoms with Gasteiger partial charge >= 0.3 is 6.09 Å². The Kier molecular flexibility index (Phi) is 6.20. The molecule has 0 unspecified atom stereocenters. The molecule has 1 rings (SSSR count). The topological polar surface area (TPSA) is 38.3 Å². The molecule has 110 valence electrons. The number of alkyl carbamates (subject to hydrolysis) is 1. The van der Waals surface area contributed by atoms with Crippen LogP contribution >= 0.6 is 15.9 Å². The highest BCUT2D eigenvalue weighted by atomic mass is 79.9. The second-order valence-corrected chi connectivity index (χ2v) is 6.20. The highest BCUT2D eigenvalue weighted by molar-refractivity contribution is 9.10. The van der Waals surface area contributed by atoms with Gasteiger partial charge in [-0.15, -0.1) is 0 Å². The second kappa shape index (κ2) is 7.43. The van der Waals surface area contributed by atoms with Crippen molar-refractivity contribution < 1.29 is 13.9 Å². The molecular formula is C15H19BrFNO2. The van der Waals surface area contributed by atoms with E-state index in [1.54, 1.807) is 18.2 Å². The van der Waals surface area contributed by atoms with Gasteiger partial charge in [0.15, 0.2) is 0 Å². The van der Waals surface area contributed by atoms with Gasteiger partial charge in [-0.25, -0.2) is 9.18 Å². The number of amides is 1. The van der Waals surface area contributed by atoms with Gasteiger partial charge in [0.2, 0.25) is 0 Å². The summed E-state index contributed by atoms with van der Waals surface area (Å²) in [5.74, 6) is -0.282. The van der Waals surface area contributed by atoms with Crippen molar-refractivity contribution in [2.75, 3.05) is 6.54 Å². The van der Waals surface area contributed by atoms with Gasteiger partial charge in [0.25, 0.3) is 0 Å². The summed E-state index contributed by atoms with van der Waals surface area (Å²) in [4.78, 5) is 11.4. The maximum Gasteiger partial charge on any atom is 0.407 e. The van der Waals surface area contributed by atoms with Gasteiger partial charge in [0.1, 0.15) is 11.4 Å². The molecule has 0 radical (unpaired) electrons. The Bertz CT molecular complexity index is 495. The normalized spacial score (nSPS) is 11.7. The van der Waals surface area contributed by atoms with Gasteiger partial charge in [-0.3, -0.25) is 0 Å². The average Bonchev–Trinajstić information content (AvgIpc) is 2.28. The Balaban J connectivity index is 2.34. The first-order chi connectivity index (χ1) is 9.28. The van der Waals surface area contributed by atoms with Crippen LogP contribution in [-0.4, -0.2) is 18.2 Å². The largest absolute Gasteiger partial charge is 0.444 e. The third-order valence-electron chi connectivity index (χ3n) is 2.24. The minimum Gasteiger partial charge on any atom is -0.444 e. The third kappa shape index (κ3) is 6.70. The fraction of sp³-hybridized carbons (Fsp3) is 0.400. The molecule has 0 aliphatic carbocycles. The van der Waals surface area contributed by atoms with Crippen molar-refractivity contribution in [1.29, 1.82) is 0 Å². The minimum absolute atomic E-state index is 0.282. The zero-order valence-electron chi connectivity index (χ0n) is 11.9. The van der Waals surface area contributed by atoms with E-state index in [4.69, 9.17) is 4.74 Å². The maximum absolute atomic E-state index is 13.5. The summed E-state index contributed by atoms with van der Waals surface area (Å²) in [6.45, 7) is 5.87. The molecule has 0 bridgehead atoms. The molecular weight excluding hydrogens is 325 g/mol. The van der Waals surface area contributed by atoms with Crippen LogP contribution in [0.5, 0.6) is 0 Å². The zero-order valence-corrected chi connectivity index (χ0v) is 13.5. The van der Waals surface area contributed by atoms with E-state index in [9.17, 15) is 9.18 Å². The molecule has 1 aromatic rings. The number of rotatable bonds is 4. The first-order valence-electron chi connectivity index (χ1n) is 6.36. The van der Waals surface area contributed by atoms with Crippen molar-refractivity contribution in [3.8, 4) is 0 Å². The lowest BCUT2D eigenvalue weighted by molar-refractivity contribution is 0.0529. The molecule has 0 aromatic heterocycles. The Morgan fingerprint density at radius 3 is 2.75 bits per heavy atom. The second-order valence-electron chi connectivity index (χ2n) is 5.29. The van der Waals surface area contributed by atoms with E-state index in [1.807, 2.05) is 26.8 Å². The lowest BCUT2D eigenvalue weighted by atomic mass is 10.2. The molecule has 3 nitrogen and oxygen atoms in total. The summed E-state index contributed by atoms with van der Waals surface area (Å²) in [5, 5.41) is 2.64. The Morgan fingerprint density at radius 2 is 2.15 bits per heavy atom. The van der Waals surface area contributed by atoms with Crippen LogP contribution in [0.15, 0.2) is 28.7 Å². The van der Waals surface area contributed by atoms with E-state index in [0.717, 1.165) is 0 Å². The highest BCUT2D eigenvalue weighted by Crippen LogP contribution is 2.16. The highest BCUT2D eigenvalue weighted by Gasteiger charge is 2.15. The van der Waals surface area contributed by atoms with Crippen LogP contribution < -0.4 is 5.32 Å². The van der Waals surface area contributed by atoms with Crippen LogP contribution in [0.4, 0.5) is 9.18 Å². The summed E-state index contributed by atoms with van der Waals surface area (Å²) in [7, 11) is 0. The van der Waals surface area contributed by atoms with Gasteiger partial charge in [-0.1, -0.05) is 34.1 Å². The quantitative estimate of drug-likeness (QED) is 0.816. The van der Waals surface area contributed by atoms with Gasteiger partial charge in [0.05, 0.1) is 0 Å². The molecule has 5 heteroatoms. The van der Waals surface area contributed by atoms with Gasteiger partial charge < -0.3 is 10.1 Å². The maximum atomic E-state index is 13.5. The average molecular weight is 344 g/mol. The number of hydrogen-bond donors (Lipinski definition) is 1. The first-order valence-corrected chi connectivity index (χ1v) is 7.16. The smallest absolute Gasteiger partial charge is 0.407 e. The van der Waals surface area contributed by atoms with Crippen molar-refractivity contribution in [1.82, 2.24) is 5.32 Å². The summed E-state index contributed by atoms with van der Waals surface area (Å²) in [6, 6.07) is 4.89. The molecule has 0 saturated heterocycles. The van der Waals surface area contributed by atoms with Crippen molar-refractivity contribution in [2.45, 2.75) is 32.8 Å². The van der Waals surface area contributed by atoms with Crippen molar-refractivity contribution >= 4 is 28.1 Å². The molecule has 0 aliphatic heterocycles. The molecule has 0 atom stereocenters. The molecule has 0 spiro atoms. The Hall–Kier alpha value is -1.36. The summed E-state index contributed by atoms with van der Waals surface area (Å²) in [6.07, 6.45) is 3.66. The zero-order chi connectivity index (χ0) is 15.2. The number of carbonyl (C=O) groups is 1. The summed E-state index contributed by atoms with van der Waals surface area (Å²) in [5.41, 5.74) is 0.0194. The first kappa shape index (κ1) is 16.7. The van der Waals surface area contributed by atoms with Crippen LogP contribution in [-0.2, 0) is 4.74 Å². The molecule has 1 N–H and O–H groups in total. The van der Waals surface area contributed by atoms with Crippen molar-refractivity contribution in [3.63, 3.8) is 0 Å². The molecule has 0 heterocycles. The predicted molar refractivity (Wildman–Crippen MR) is 82.0 cm³/mol. The van der Waals surface area contributed by atoms with E-state index in [-0.39, 0.29) is 5.82 Å². The van der Waals surface area contributed by atoms with E-state index in [2.05, 4.69) is 21.2 Å². The SMILES string of the molecule is CC(C)(C)OC(=O)NCCC=Cc1ccc(Br)cc1F. The van der Waals surface area contributed by atoms with Gasteiger partial charge in [0, 0.05) is 16.6 Å². The lowest BCUT2D eigenvalue weighted by Crippen LogP contribution is -2.32. The monoisotopic (exact) mass is 343 g/mol. The van der Waals surface area contributed by atoms with Gasteiger partial charge in [-0.2, -0.15) is 0 Å². The Morgan fingerprint density at radius 1 is 1.45 bits per heavy atom. The van der Waals surface area contributed by atoms with Gasteiger partial charge in [-0.05, 0) is 39.3 Å². The summed E-state index contributed by atoms with van der Waals surface area (Å²) < 4.78 is 19.3. The van der Waals surface area contributed by atoms with Crippen LogP contribution in [0.25, 0.3) is 6.08 Å². The van der Waals surface area contributed by atoms with Crippen LogP contribution in [0.3, 0.4) is 0 Å². The fourth-order valence-electron chi connectivity index (χ4n) is 1.42. The van der Waals surface area contributed by atoms with Crippen molar-refractivity contribution in [3.05, 3.63) is 40.1 Å². The van der Waals surface area contributed by atoms with E-state index < -0.39 is 11.7 Å².